The maximum absolute atomic E-state index is 10.5. The second kappa shape index (κ2) is 10.2. The van der Waals surface area contributed by atoms with E-state index in [-0.39, 0.29) is 0 Å². The Kier molecular flexibility index (Phi) is 7.17. The number of anilines is 1. The molecule has 1 N–H and O–H groups in total. The lowest BCUT2D eigenvalue weighted by molar-refractivity contribution is 0.112. The highest BCUT2D eigenvalue weighted by molar-refractivity contribution is 7.18. The highest BCUT2D eigenvalue weighted by Crippen LogP contribution is 2.24. The van der Waals surface area contributed by atoms with Crippen molar-refractivity contribution in [3.63, 3.8) is 0 Å². The van der Waals surface area contributed by atoms with Gasteiger partial charge in [-0.3, -0.25) is 14.5 Å². The highest BCUT2D eigenvalue weighted by atomic mass is 32.1. The van der Waals surface area contributed by atoms with Crippen LogP contribution in [0.4, 0.5) is 5.13 Å². The third-order valence-electron chi connectivity index (χ3n) is 3.93. The van der Waals surface area contributed by atoms with Crippen molar-refractivity contribution in [2.45, 2.75) is 13.5 Å². The van der Waals surface area contributed by atoms with Crippen LogP contribution in [-0.4, -0.2) is 43.3 Å². The number of aldehydes is 1. The summed E-state index contributed by atoms with van der Waals surface area (Å²) >= 11 is 1.52. The lowest BCUT2D eigenvalue weighted by Gasteiger charge is -2.05. The van der Waals surface area contributed by atoms with Crippen LogP contribution in [0.1, 0.15) is 21.7 Å². The molecule has 4 aromatic rings. The summed E-state index contributed by atoms with van der Waals surface area (Å²) in [6, 6.07) is 9.14. The van der Waals surface area contributed by atoms with Crippen molar-refractivity contribution in [1.29, 1.82) is 0 Å². The lowest BCUT2D eigenvalue weighted by Crippen LogP contribution is -2.03. The Morgan fingerprint density at radius 1 is 1.20 bits per heavy atom. The molecule has 0 aliphatic heterocycles. The average Bonchev–Trinajstić information content (AvgIpc) is 3.39. The molecule has 4 aromatic heterocycles. The molecular formula is C20H21N7O2S. The Morgan fingerprint density at radius 2 is 2.00 bits per heavy atom. The van der Waals surface area contributed by atoms with Crippen molar-refractivity contribution in [2.24, 2.45) is 7.05 Å². The van der Waals surface area contributed by atoms with Gasteiger partial charge < -0.3 is 10.1 Å². The van der Waals surface area contributed by atoms with E-state index in [1.54, 1.807) is 29.2 Å². The van der Waals surface area contributed by atoms with E-state index in [1.807, 2.05) is 39.2 Å². The molecule has 30 heavy (non-hydrogen) atoms. The molecule has 4 heterocycles. The summed E-state index contributed by atoms with van der Waals surface area (Å²) in [5, 5.41) is 16.9. The number of carbonyl (C=O) groups excluding carboxylic acids is 1. The minimum Gasteiger partial charge on any atom is -0.471 e. The summed E-state index contributed by atoms with van der Waals surface area (Å²) in [4.78, 5) is 18.4. The number of aromatic nitrogens is 6. The van der Waals surface area contributed by atoms with E-state index < -0.39 is 0 Å². The number of carbonyl (C=O) groups is 1. The Labute approximate surface area is 177 Å². The fourth-order valence-electron chi connectivity index (χ4n) is 2.43. The second-order valence-corrected chi connectivity index (χ2v) is 7.11. The molecule has 0 spiro atoms. The van der Waals surface area contributed by atoms with Gasteiger partial charge in [0.25, 0.3) is 0 Å². The summed E-state index contributed by atoms with van der Waals surface area (Å²) in [5.41, 5.74) is 3.52. The number of pyridine rings is 2. The third-order valence-corrected chi connectivity index (χ3v) is 4.92. The molecule has 4 rings (SSSR count). The van der Waals surface area contributed by atoms with E-state index in [9.17, 15) is 4.79 Å². The van der Waals surface area contributed by atoms with Gasteiger partial charge in [-0.25, -0.2) is 4.98 Å². The first-order valence-electron chi connectivity index (χ1n) is 9.04. The number of rotatable bonds is 6. The van der Waals surface area contributed by atoms with Crippen molar-refractivity contribution in [3.8, 4) is 16.5 Å². The van der Waals surface area contributed by atoms with Gasteiger partial charge in [0.15, 0.2) is 6.29 Å². The van der Waals surface area contributed by atoms with Crippen LogP contribution in [-0.2, 0) is 13.7 Å². The highest BCUT2D eigenvalue weighted by Gasteiger charge is 2.04. The topological polar surface area (TPSA) is 108 Å². The van der Waals surface area contributed by atoms with Gasteiger partial charge in [0, 0.05) is 49.9 Å². The minimum atomic E-state index is 0.408. The lowest BCUT2D eigenvalue weighted by atomic mass is 10.3. The van der Waals surface area contributed by atoms with Crippen LogP contribution in [0.5, 0.6) is 5.88 Å². The van der Waals surface area contributed by atoms with Crippen molar-refractivity contribution in [1.82, 2.24) is 29.9 Å². The monoisotopic (exact) mass is 423 g/mol. The first-order chi connectivity index (χ1) is 14.6. The van der Waals surface area contributed by atoms with Crippen molar-refractivity contribution in [2.75, 3.05) is 12.4 Å². The van der Waals surface area contributed by atoms with E-state index >= 15 is 0 Å². The number of hydrogen-bond donors (Lipinski definition) is 1. The fourth-order valence-corrected chi connectivity index (χ4v) is 3.13. The molecule has 0 aliphatic rings. The largest absolute Gasteiger partial charge is 0.471 e. The number of ether oxygens (including phenoxy) is 1. The molecule has 0 saturated heterocycles. The first kappa shape index (κ1) is 21.1. The molecular weight excluding hydrogens is 402 g/mol. The van der Waals surface area contributed by atoms with Gasteiger partial charge in [-0.05, 0) is 31.2 Å². The molecule has 0 radical (unpaired) electrons. The molecule has 0 saturated carbocycles. The SMILES string of the molecule is CNc1nnc(-c2ccncc2)s1.Cc1cc(COc2ccc(C=O)cn2)n(C)n1. The molecule has 0 fully saturated rings. The van der Waals surface area contributed by atoms with E-state index in [1.165, 1.54) is 17.5 Å². The Bertz CT molecular complexity index is 1080. The van der Waals surface area contributed by atoms with Gasteiger partial charge in [0.05, 0.1) is 11.4 Å². The maximum atomic E-state index is 10.5. The number of hydrogen-bond acceptors (Lipinski definition) is 9. The predicted octanol–water partition coefficient (Wildman–Crippen LogP) is 3.16. The van der Waals surface area contributed by atoms with Crippen molar-refractivity contribution < 1.29 is 9.53 Å². The van der Waals surface area contributed by atoms with E-state index in [0.717, 1.165) is 33.4 Å². The zero-order chi connectivity index (χ0) is 21.3. The molecule has 154 valence electrons. The number of nitrogens with one attached hydrogen (secondary N) is 1. The molecule has 0 aliphatic carbocycles. The van der Waals surface area contributed by atoms with Gasteiger partial charge in [-0.2, -0.15) is 5.10 Å². The Hall–Kier alpha value is -3.66. The van der Waals surface area contributed by atoms with Gasteiger partial charge in [-0.1, -0.05) is 11.3 Å². The van der Waals surface area contributed by atoms with Crippen LogP contribution in [0, 0.1) is 6.92 Å². The summed E-state index contributed by atoms with van der Waals surface area (Å²) in [6.45, 7) is 2.34. The zero-order valence-corrected chi connectivity index (χ0v) is 17.6. The van der Waals surface area contributed by atoms with Gasteiger partial charge >= 0.3 is 0 Å². The van der Waals surface area contributed by atoms with E-state index in [2.05, 4.69) is 30.6 Å². The summed E-state index contributed by atoms with van der Waals surface area (Å²) in [5.74, 6) is 0.495. The molecule has 0 amide bonds. The quantitative estimate of drug-likeness (QED) is 0.471. The number of nitrogens with zero attached hydrogens (tertiary/aromatic N) is 6. The van der Waals surface area contributed by atoms with Crippen molar-refractivity contribution in [3.05, 3.63) is 65.9 Å². The Morgan fingerprint density at radius 3 is 2.57 bits per heavy atom. The molecule has 9 nitrogen and oxygen atoms in total. The van der Waals surface area contributed by atoms with Crippen LogP contribution in [0.15, 0.2) is 48.9 Å². The van der Waals surface area contributed by atoms with Crippen LogP contribution in [0.25, 0.3) is 10.6 Å². The number of aryl methyl sites for hydroxylation is 2. The molecule has 0 unspecified atom stereocenters. The second-order valence-electron chi connectivity index (χ2n) is 6.14. The summed E-state index contributed by atoms with van der Waals surface area (Å²) < 4.78 is 7.27. The average molecular weight is 424 g/mol. The van der Waals surface area contributed by atoms with Gasteiger partial charge in [-0.15, -0.1) is 10.2 Å². The fraction of sp³-hybridized carbons (Fsp3) is 0.200. The smallest absolute Gasteiger partial charge is 0.213 e. The first-order valence-corrected chi connectivity index (χ1v) is 9.86. The van der Waals surface area contributed by atoms with Crippen LogP contribution < -0.4 is 10.1 Å². The van der Waals surface area contributed by atoms with Crippen LogP contribution in [0.2, 0.25) is 0 Å². The van der Waals surface area contributed by atoms with E-state index in [4.69, 9.17) is 4.74 Å². The zero-order valence-electron chi connectivity index (χ0n) is 16.8. The predicted molar refractivity (Wildman–Crippen MR) is 115 cm³/mol. The standard InChI is InChI=1S/C12H13N3O2.C8H8N4S/c1-9-5-11(15(2)14-9)8-17-12-4-3-10(7-16)6-13-12;1-9-8-12-11-7(13-8)6-2-4-10-5-3-6/h3-7H,8H2,1-2H3;2-5H,1H3,(H,9,12). The molecule has 0 atom stereocenters. The van der Waals surface area contributed by atoms with Gasteiger partial charge in [0.1, 0.15) is 11.6 Å². The summed E-state index contributed by atoms with van der Waals surface area (Å²) in [6.07, 6.45) is 5.73. The third kappa shape index (κ3) is 5.67. The maximum Gasteiger partial charge on any atom is 0.213 e. The van der Waals surface area contributed by atoms with Crippen LogP contribution >= 0.6 is 11.3 Å². The summed E-state index contributed by atoms with van der Waals surface area (Å²) in [7, 11) is 3.70. The Balaban J connectivity index is 0.000000177. The normalized spacial score (nSPS) is 10.1. The van der Waals surface area contributed by atoms with E-state index in [0.29, 0.717) is 18.1 Å². The minimum absolute atomic E-state index is 0.408. The van der Waals surface area contributed by atoms with Crippen LogP contribution in [0.3, 0.4) is 0 Å². The molecule has 10 heteroatoms. The van der Waals surface area contributed by atoms with Crippen molar-refractivity contribution >= 4 is 22.8 Å². The molecule has 0 aromatic carbocycles. The molecule has 0 bridgehead atoms. The van der Waals surface area contributed by atoms with Gasteiger partial charge in [0.2, 0.25) is 11.0 Å².